The molecule has 3 rings (SSSR count). The smallest absolute Gasteiger partial charge is 0.282 e. The number of rotatable bonds is 4. The number of nitrogens with two attached hydrogens (primary N) is 1. The first-order chi connectivity index (χ1) is 12.8. The van der Waals surface area contributed by atoms with Gasteiger partial charge in [0.05, 0.1) is 17.7 Å². The molecule has 0 fully saturated rings. The number of hydrogen-bond donors (Lipinski definition) is 2. The van der Waals surface area contributed by atoms with Crippen LogP contribution >= 0.6 is 11.6 Å². The third-order valence-electron chi connectivity index (χ3n) is 3.87. The van der Waals surface area contributed by atoms with E-state index in [-0.39, 0.29) is 28.0 Å². The molecule has 0 spiro atoms. The lowest BCUT2D eigenvalue weighted by Gasteiger charge is -2.20. The van der Waals surface area contributed by atoms with Crippen molar-refractivity contribution in [2.45, 2.75) is 18.9 Å². The fourth-order valence-electron chi connectivity index (χ4n) is 2.56. The van der Waals surface area contributed by atoms with Crippen LogP contribution in [0, 0.1) is 5.82 Å². The molecule has 10 heteroatoms. The minimum Gasteiger partial charge on any atom is -0.465 e. The summed E-state index contributed by atoms with van der Waals surface area (Å²) in [6.45, 7) is 0.298. The summed E-state index contributed by atoms with van der Waals surface area (Å²) in [5.41, 5.74) is 5.41. The summed E-state index contributed by atoms with van der Waals surface area (Å²) < 4.78 is 44.5. The first kappa shape index (κ1) is 19.0. The van der Waals surface area contributed by atoms with Crippen molar-refractivity contribution in [3.05, 3.63) is 58.1 Å². The number of pyridine rings is 1. The van der Waals surface area contributed by atoms with Gasteiger partial charge in [0.2, 0.25) is 0 Å². The molecular formula is C17H14ClF3N4O2. The highest BCUT2D eigenvalue weighted by molar-refractivity contribution is 6.34. The van der Waals surface area contributed by atoms with E-state index in [2.05, 4.69) is 15.3 Å². The molecule has 6 nitrogen and oxygen atoms in total. The Morgan fingerprint density at radius 2 is 2.15 bits per heavy atom. The van der Waals surface area contributed by atoms with Crippen molar-refractivity contribution in [2.75, 3.05) is 11.9 Å². The number of carbonyl (C=O) groups is 1. The third-order valence-corrected chi connectivity index (χ3v) is 4.15. The van der Waals surface area contributed by atoms with E-state index >= 15 is 0 Å². The van der Waals surface area contributed by atoms with Gasteiger partial charge in [-0.15, -0.1) is 0 Å². The van der Waals surface area contributed by atoms with Crippen LogP contribution in [0.2, 0.25) is 5.02 Å². The Bertz CT molecular complexity index is 908. The summed E-state index contributed by atoms with van der Waals surface area (Å²) in [6.07, 6.45) is -1.45. The van der Waals surface area contributed by atoms with Gasteiger partial charge in [0, 0.05) is 29.4 Å². The van der Waals surface area contributed by atoms with Crippen LogP contribution < -0.4 is 11.1 Å². The zero-order valence-corrected chi connectivity index (χ0v) is 14.5. The number of nitrogens with zero attached hydrogens (tertiary/aromatic N) is 2. The van der Waals surface area contributed by atoms with Crippen molar-refractivity contribution in [1.82, 2.24) is 4.98 Å². The number of aromatic nitrogens is 1. The molecular weight excluding hydrogens is 385 g/mol. The van der Waals surface area contributed by atoms with Gasteiger partial charge in [0.25, 0.3) is 18.4 Å². The number of amidine groups is 1. The highest BCUT2D eigenvalue weighted by atomic mass is 35.5. The lowest BCUT2D eigenvalue weighted by atomic mass is 10.0. The number of ether oxygens (including phenoxy) is 1. The van der Waals surface area contributed by atoms with Gasteiger partial charge in [0.15, 0.2) is 0 Å². The van der Waals surface area contributed by atoms with Crippen molar-refractivity contribution in [1.29, 1.82) is 0 Å². The van der Waals surface area contributed by atoms with Crippen LogP contribution in [0.3, 0.4) is 0 Å². The predicted molar refractivity (Wildman–Crippen MR) is 93.5 cm³/mol. The van der Waals surface area contributed by atoms with Gasteiger partial charge in [-0.05, 0) is 24.3 Å². The average molecular weight is 399 g/mol. The van der Waals surface area contributed by atoms with Gasteiger partial charge in [-0.1, -0.05) is 11.6 Å². The number of benzene rings is 1. The zero-order valence-electron chi connectivity index (χ0n) is 13.8. The fraction of sp³-hybridized carbons (Fsp3) is 0.235. The molecule has 0 saturated heterocycles. The summed E-state index contributed by atoms with van der Waals surface area (Å²) in [5.74, 6) is -1.22. The molecule has 0 aliphatic carbocycles. The fourth-order valence-corrected chi connectivity index (χ4v) is 2.82. The Kier molecular flexibility index (Phi) is 5.50. The first-order valence-electron chi connectivity index (χ1n) is 7.85. The van der Waals surface area contributed by atoms with Gasteiger partial charge in [-0.3, -0.25) is 4.79 Å². The number of aliphatic imine (C=N–C) groups is 1. The van der Waals surface area contributed by atoms with Gasteiger partial charge in [0.1, 0.15) is 11.5 Å². The first-order valence-corrected chi connectivity index (χ1v) is 8.23. The van der Waals surface area contributed by atoms with Crippen LogP contribution in [-0.4, -0.2) is 23.5 Å². The maximum atomic E-state index is 14.2. The van der Waals surface area contributed by atoms with Crippen molar-refractivity contribution in [2.24, 2.45) is 10.7 Å². The molecule has 1 aliphatic rings. The van der Waals surface area contributed by atoms with Crippen molar-refractivity contribution in [3.63, 3.8) is 0 Å². The van der Waals surface area contributed by atoms with E-state index in [1.807, 2.05) is 0 Å². The van der Waals surface area contributed by atoms with E-state index in [0.29, 0.717) is 13.0 Å². The van der Waals surface area contributed by atoms with E-state index in [0.717, 1.165) is 12.3 Å². The SMILES string of the molecule is NC1=NC(c2cc(NC(=O)c3ncc(C(F)F)cc3Cl)ccc2F)CCO1. The third kappa shape index (κ3) is 4.30. The maximum absolute atomic E-state index is 14.2. The lowest BCUT2D eigenvalue weighted by Crippen LogP contribution is -2.24. The molecule has 1 aromatic heterocycles. The van der Waals surface area contributed by atoms with E-state index < -0.39 is 29.8 Å². The second kappa shape index (κ2) is 7.83. The van der Waals surface area contributed by atoms with Gasteiger partial charge in [-0.2, -0.15) is 0 Å². The molecule has 0 radical (unpaired) electrons. The topological polar surface area (TPSA) is 89.6 Å². The molecule has 1 atom stereocenters. The number of halogens is 4. The van der Waals surface area contributed by atoms with Gasteiger partial charge in [-0.25, -0.2) is 23.1 Å². The quantitative estimate of drug-likeness (QED) is 0.818. The maximum Gasteiger partial charge on any atom is 0.282 e. The van der Waals surface area contributed by atoms with Crippen LogP contribution in [0.5, 0.6) is 0 Å². The summed E-state index contributed by atoms with van der Waals surface area (Å²) >= 11 is 5.87. The van der Waals surface area contributed by atoms with E-state index in [9.17, 15) is 18.0 Å². The molecule has 27 heavy (non-hydrogen) atoms. The van der Waals surface area contributed by atoms with Crippen LogP contribution in [0.25, 0.3) is 0 Å². The second-order valence-corrected chi connectivity index (χ2v) is 6.12. The molecule has 1 amide bonds. The Hall–Kier alpha value is -2.81. The van der Waals surface area contributed by atoms with Crippen molar-refractivity contribution >= 4 is 29.2 Å². The Labute approximate surface area is 157 Å². The monoisotopic (exact) mass is 398 g/mol. The Morgan fingerprint density at radius 3 is 2.81 bits per heavy atom. The van der Waals surface area contributed by atoms with Crippen LogP contribution in [0.1, 0.15) is 40.5 Å². The molecule has 0 saturated carbocycles. The number of alkyl halides is 2. The van der Waals surface area contributed by atoms with Crippen LogP contribution in [-0.2, 0) is 4.74 Å². The number of anilines is 1. The predicted octanol–water partition coefficient (Wildman–Crippen LogP) is 3.84. The van der Waals surface area contributed by atoms with E-state index in [4.69, 9.17) is 22.1 Å². The molecule has 1 aromatic carbocycles. The minimum atomic E-state index is -2.75. The van der Waals surface area contributed by atoms with E-state index in [1.165, 1.54) is 18.2 Å². The normalized spacial score (nSPS) is 16.6. The van der Waals surface area contributed by atoms with Gasteiger partial charge >= 0.3 is 0 Å². The number of hydrogen-bond acceptors (Lipinski definition) is 5. The largest absolute Gasteiger partial charge is 0.465 e. The van der Waals surface area contributed by atoms with Gasteiger partial charge < -0.3 is 15.8 Å². The van der Waals surface area contributed by atoms with Crippen LogP contribution in [0.4, 0.5) is 18.9 Å². The number of amides is 1. The molecule has 3 N–H and O–H groups in total. The minimum absolute atomic E-state index is 0.0322. The molecule has 2 aromatic rings. The molecule has 0 bridgehead atoms. The summed E-state index contributed by atoms with van der Waals surface area (Å²) in [4.78, 5) is 20.1. The summed E-state index contributed by atoms with van der Waals surface area (Å²) in [7, 11) is 0. The van der Waals surface area contributed by atoms with E-state index in [1.54, 1.807) is 0 Å². The van der Waals surface area contributed by atoms with Crippen molar-refractivity contribution in [3.8, 4) is 0 Å². The standard InChI is InChI=1S/C17H14ClF3N4O2/c18-11-5-8(15(20)21)7-23-14(11)16(26)24-9-1-2-12(19)10(6-9)13-3-4-27-17(22)25-13/h1-2,5-7,13,15H,3-4H2,(H2,22,25)(H,24,26). The number of nitrogens with one attached hydrogen (secondary N) is 1. The molecule has 1 unspecified atom stereocenters. The average Bonchev–Trinajstić information content (AvgIpc) is 2.63. The lowest BCUT2D eigenvalue weighted by molar-refractivity contribution is 0.102. The van der Waals surface area contributed by atoms with Crippen molar-refractivity contribution < 1.29 is 22.7 Å². The summed E-state index contributed by atoms with van der Waals surface area (Å²) in [6, 6.07) is 4.36. The highest BCUT2D eigenvalue weighted by Gasteiger charge is 2.21. The Morgan fingerprint density at radius 1 is 1.37 bits per heavy atom. The zero-order chi connectivity index (χ0) is 19.6. The summed E-state index contributed by atoms with van der Waals surface area (Å²) in [5, 5.41) is 2.30. The molecule has 2 heterocycles. The Balaban J connectivity index is 1.83. The molecule has 142 valence electrons. The second-order valence-electron chi connectivity index (χ2n) is 5.71. The number of carbonyl (C=O) groups excluding carboxylic acids is 1. The van der Waals surface area contributed by atoms with Crippen LogP contribution in [0.15, 0.2) is 35.5 Å². The molecule has 1 aliphatic heterocycles. The highest BCUT2D eigenvalue weighted by Crippen LogP contribution is 2.29.